The monoisotopic (exact) mass is 460 g/mol. The molecule has 12 heteroatoms. The van der Waals surface area contributed by atoms with Crippen LogP contribution in [0, 0.1) is 5.41 Å². The van der Waals surface area contributed by atoms with Gasteiger partial charge in [-0.1, -0.05) is 32.0 Å². The number of ether oxygens (including phenoxy) is 1. The second kappa shape index (κ2) is 11.8. The van der Waals surface area contributed by atoms with Crippen molar-refractivity contribution in [2.45, 2.75) is 39.3 Å². The number of hydrogen-bond donors (Lipinski definition) is 4. The lowest BCUT2D eigenvalue weighted by atomic mass is 9.87. The van der Waals surface area contributed by atoms with Crippen LogP contribution < -0.4 is 14.9 Å². The maximum atomic E-state index is 13.2. The minimum Gasteiger partial charge on any atom is -0.480 e. The van der Waals surface area contributed by atoms with Crippen molar-refractivity contribution in [2.24, 2.45) is 5.41 Å². The number of benzene rings is 1. The fourth-order valence-corrected chi connectivity index (χ4v) is 3.84. The number of carboxylic acid groups (broad SMARTS) is 1. The normalized spacial score (nSPS) is 15.3. The third-order valence-corrected chi connectivity index (χ3v) is 5.77. The van der Waals surface area contributed by atoms with Crippen LogP contribution in [-0.2, 0) is 28.2 Å². The molecule has 1 rings (SSSR count). The third-order valence-electron chi connectivity index (χ3n) is 4.14. The molecule has 11 nitrogen and oxygen atoms in total. The Kier molecular flexibility index (Phi) is 10.1. The van der Waals surface area contributed by atoms with Crippen molar-refractivity contribution in [3.63, 3.8) is 0 Å². The van der Waals surface area contributed by atoms with Crippen LogP contribution in [0.25, 0.3) is 0 Å². The van der Waals surface area contributed by atoms with E-state index in [4.69, 9.17) is 14.2 Å². The van der Waals surface area contributed by atoms with E-state index >= 15 is 0 Å². The number of nitrogens with one attached hydrogen (secondary N) is 2. The van der Waals surface area contributed by atoms with Crippen LogP contribution in [0.2, 0.25) is 0 Å². The van der Waals surface area contributed by atoms with Crippen molar-refractivity contribution < 1.29 is 42.9 Å². The van der Waals surface area contributed by atoms with Crippen LogP contribution >= 0.6 is 7.75 Å². The zero-order valence-electron chi connectivity index (χ0n) is 17.9. The highest BCUT2D eigenvalue weighted by atomic mass is 31.2. The summed E-state index contributed by atoms with van der Waals surface area (Å²) in [6.07, 6.45) is -1.64. The van der Waals surface area contributed by atoms with Crippen molar-refractivity contribution in [1.29, 1.82) is 0 Å². The molecule has 0 bridgehead atoms. The Bertz CT molecular complexity index is 801. The zero-order valence-corrected chi connectivity index (χ0v) is 18.8. The summed E-state index contributed by atoms with van der Waals surface area (Å²) in [7, 11) is -2.97. The van der Waals surface area contributed by atoms with Gasteiger partial charge in [-0.3, -0.25) is 18.9 Å². The van der Waals surface area contributed by atoms with Crippen LogP contribution in [0.15, 0.2) is 30.3 Å². The van der Waals surface area contributed by atoms with E-state index in [0.717, 1.165) is 0 Å². The summed E-state index contributed by atoms with van der Waals surface area (Å²) in [6, 6.07) is 6.74. The smallest absolute Gasteiger partial charge is 0.459 e. The molecular weight excluding hydrogens is 431 g/mol. The predicted molar refractivity (Wildman–Crippen MR) is 110 cm³/mol. The molecule has 0 aliphatic carbocycles. The van der Waals surface area contributed by atoms with E-state index in [1.54, 1.807) is 18.2 Å². The number of hydrogen-bond acceptors (Lipinski definition) is 8. The highest BCUT2D eigenvalue weighted by molar-refractivity contribution is 7.52. The van der Waals surface area contributed by atoms with Gasteiger partial charge in [-0.15, -0.1) is 0 Å². The number of esters is 1. The van der Waals surface area contributed by atoms with Crippen molar-refractivity contribution in [3.05, 3.63) is 30.3 Å². The molecule has 0 heterocycles. The number of aliphatic carboxylic acids is 1. The van der Waals surface area contributed by atoms with Gasteiger partial charge in [0.05, 0.1) is 20.1 Å². The molecule has 1 aromatic rings. The Morgan fingerprint density at radius 3 is 2.35 bits per heavy atom. The number of rotatable bonds is 13. The number of carbonyl (C=O) groups excluding carboxylic acids is 2. The minimum atomic E-state index is -4.19. The SMILES string of the molecule is COC(=O)CCNC(=O)C(O)C(C)(C)COP(=O)(NC(C)C(=O)O)Oc1ccccc1. The average molecular weight is 460 g/mol. The van der Waals surface area contributed by atoms with Crippen molar-refractivity contribution >= 4 is 25.6 Å². The molecule has 0 fully saturated rings. The first-order valence-electron chi connectivity index (χ1n) is 9.42. The van der Waals surface area contributed by atoms with E-state index in [0.29, 0.717) is 0 Å². The maximum Gasteiger partial charge on any atom is 0.459 e. The molecule has 0 aliphatic rings. The molecule has 3 atom stereocenters. The maximum absolute atomic E-state index is 13.2. The van der Waals surface area contributed by atoms with Crippen LogP contribution in [-0.4, -0.2) is 60.5 Å². The van der Waals surface area contributed by atoms with Gasteiger partial charge in [0.2, 0.25) is 5.91 Å². The quantitative estimate of drug-likeness (QED) is 0.250. The average Bonchev–Trinajstić information content (AvgIpc) is 2.72. The highest BCUT2D eigenvalue weighted by Crippen LogP contribution is 2.46. The lowest BCUT2D eigenvalue weighted by molar-refractivity contribution is -0.141. The zero-order chi connectivity index (χ0) is 23.7. The lowest BCUT2D eigenvalue weighted by Gasteiger charge is -2.31. The van der Waals surface area contributed by atoms with E-state index in [1.165, 1.54) is 40.0 Å². The first-order chi connectivity index (χ1) is 14.4. The Balaban J connectivity index is 2.83. The van der Waals surface area contributed by atoms with E-state index in [9.17, 15) is 24.1 Å². The number of carboxylic acids is 1. The van der Waals surface area contributed by atoms with Crippen molar-refractivity contribution in [1.82, 2.24) is 10.4 Å². The highest BCUT2D eigenvalue weighted by Gasteiger charge is 2.39. The van der Waals surface area contributed by atoms with Gasteiger partial charge in [0.15, 0.2) is 0 Å². The van der Waals surface area contributed by atoms with E-state index in [-0.39, 0.29) is 18.7 Å². The molecule has 0 aromatic heterocycles. The summed E-state index contributed by atoms with van der Waals surface area (Å²) >= 11 is 0. The van der Waals surface area contributed by atoms with Gasteiger partial charge in [0, 0.05) is 12.0 Å². The molecule has 31 heavy (non-hydrogen) atoms. The standard InChI is InChI=1S/C19H29N2O9P/c1-13(18(25)26)21-31(27,30-14-8-6-5-7-9-14)29-12-19(2,3)16(23)17(24)20-11-10-15(22)28-4/h5-9,13,16,23H,10-12H2,1-4H3,(H,20,24)(H,21,27)(H,25,26). The number of amides is 1. The summed E-state index contributed by atoms with van der Waals surface area (Å²) in [5.41, 5.74) is -1.24. The summed E-state index contributed by atoms with van der Waals surface area (Å²) in [4.78, 5) is 34.5. The second-order valence-electron chi connectivity index (χ2n) is 7.37. The molecule has 1 amide bonds. The summed E-state index contributed by atoms with van der Waals surface area (Å²) < 4.78 is 28.4. The van der Waals surface area contributed by atoms with Crippen molar-refractivity contribution in [3.8, 4) is 5.75 Å². The van der Waals surface area contributed by atoms with Crippen LogP contribution in [0.3, 0.4) is 0 Å². The third kappa shape index (κ3) is 9.06. The molecule has 174 valence electrons. The minimum absolute atomic E-state index is 0.0349. The predicted octanol–water partition coefficient (Wildman–Crippen LogP) is 1.32. The van der Waals surface area contributed by atoms with Crippen LogP contribution in [0.1, 0.15) is 27.2 Å². The van der Waals surface area contributed by atoms with Crippen molar-refractivity contribution in [2.75, 3.05) is 20.3 Å². The van der Waals surface area contributed by atoms with E-state index < -0.39 is 49.8 Å². The van der Waals surface area contributed by atoms with Crippen LogP contribution in [0.4, 0.5) is 0 Å². The molecule has 3 unspecified atom stereocenters. The van der Waals surface area contributed by atoms with E-state index in [1.807, 2.05) is 0 Å². The molecule has 0 aliphatic heterocycles. The van der Waals surface area contributed by atoms with Gasteiger partial charge in [0.1, 0.15) is 17.9 Å². The summed E-state index contributed by atoms with van der Waals surface area (Å²) in [5, 5.41) is 24.2. The van der Waals surface area contributed by atoms with Gasteiger partial charge in [-0.25, -0.2) is 4.57 Å². The Labute approximate surface area is 180 Å². The topological polar surface area (TPSA) is 160 Å². The van der Waals surface area contributed by atoms with E-state index in [2.05, 4.69) is 15.1 Å². The largest absolute Gasteiger partial charge is 0.480 e. The number of aliphatic hydroxyl groups excluding tert-OH is 1. The lowest BCUT2D eigenvalue weighted by Crippen LogP contribution is -2.46. The molecule has 1 aromatic carbocycles. The fraction of sp³-hybridized carbons (Fsp3) is 0.526. The van der Waals surface area contributed by atoms with Gasteiger partial charge in [-0.2, -0.15) is 5.09 Å². The summed E-state index contributed by atoms with van der Waals surface area (Å²) in [5.74, 6) is -2.38. The Hall–Kier alpha value is -2.46. The van der Waals surface area contributed by atoms with Gasteiger partial charge < -0.3 is 24.8 Å². The first kappa shape index (κ1) is 26.6. The fourth-order valence-electron chi connectivity index (χ4n) is 2.17. The Morgan fingerprint density at radius 1 is 1.19 bits per heavy atom. The van der Waals surface area contributed by atoms with Gasteiger partial charge >= 0.3 is 19.7 Å². The summed E-state index contributed by atoms with van der Waals surface area (Å²) in [6.45, 7) is 3.80. The second-order valence-corrected chi connectivity index (χ2v) is 9.07. The molecule has 0 radical (unpaired) electrons. The first-order valence-corrected chi connectivity index (χ1v) is 11.0. The number of aliphatic hydroxyl groups is 1. The number of carbonyl (C=O) groups is 3. The molecule has 0 spiro atoms. The van der Waals surface area contributed by atoms with Crippen LogP contribution in [0.5, 0.6) is 5.75 Å². The molecule has 0 saturated carbocycles. The number of para-hydroxylation sites is 1. The van der Waals surface area contributed by atoms with Gasteiger partial charge in [0.25, 0.3) is 0 Å². The Morgan fingerprint density at radius 2 is 1.81 bits per heavy atom. The molecular formula is C19H29N2O9P. The van der Waals surface area contributed by atoms with Gasteiger partial charge in [-0.05, 0) is 19.1 Å². The number of methoxy groups -OCH3 is 1. The molecule has 0 saturated heterocycles. The molecule has 4 N–H and O–H groups in total.